The van der Waals surface area contributed by atoms with Crippen molar-refractivity contribution in [1.29, 1.82) is 0 Å². The second-order valence-corrected chi connectivity index (χ2v) is 7.65. The van der Waals surface area contributed by atoms with Crippen LogP contribution in [0.5, 0.6) is 0 Å². The van der Waals surface area contributed by atoms with Gasteiger partial charge in [-0.25, -0.2) is 4.98 Å². The maximum Gasteiger partial charge on any atom is 0.297 e. The zero-order chi connectivity index (χ0) is 18.5. The molecule has 1 unspecified atom stereocenters. The first-order chi connectivity index (χ1) is 12.4. The first-order valence-electron chi connectivity index (χ1n) is 8.77. The quantitative estimate of drug-likeness (QED) is 0.723. The summed E-state index contributed by atoms with van der Waals surface area (Å²) in [6, 6.07) is 7.45. The van der Waals surface area contributed by atoms with Crippen LogP contribution < -0.4 is 11.3 Å². The van der Waals surface area contributed by atoms with Crippen molar-refractivity contribution in [2.24, 2.45) is 11.1 Å². The Hall–Kier alpha value is -2.38. The number of carbonyl (C=O) groups is 1. The van der Waals surface area contributed by atoms with E-state index in [1.807, 2.05) is 18.2 Å². The Morgan fingerprint density at radius 3 is 2.85 bits per heavy atom. The molecule has 1 aromatic carbocycles. The van der Waals surface area contributed by atoms with Crippen molar-refractivity contribution in [3.63, 3.8) is 0 Å². The van der Waals surface area contributed by atoms with Gasteiger partial charge in [-0.2, -0.15) is 0 Å². The fourth-order valence-electron chi connectivity index (χ4n) is 3.56. The number of hydrogen-bond acceptors (Lipinski definition) is 5. The first kappa shape index (κ1) is 19.4. The number of piperidine rings is 1. The molecule has 0 radical (unpaired) electrons. The van der Waals surface area contributed by atoms with E-state index in [2.05, 4.69) is 18.8 Å². The van der Waals surface area contributed by atoms with Crippen LogP contribution in [0.2, 0.25) is 0 Å². The fourth-order valence-corrected chi connectivity index (χ4v) is 3.56. The maximum absolute atomic E-state index is 12.7. The van der Waals surface area contributed by atoms with Crippen LogP contribution in [0.25, 0.3) is 22.1 Å². The summed E-state index contributed by atoms with van der Waals surface area (Å²) in [6.45, 7) is 5.27. The molecular formula is C19H23ClN4O3. The number of amides is 1. The van der Waals surface area contributed by atoms with Crippen molar-refractivity contribution in [3.05, 3.63) is 40.9 Å². The van der Waals surface area contributed by atoms with Crippen molar-refractivity contribution < 1.29 is 9.21 Å². The van der Waals surface area contributed by atoms with Crippen molar-refractivity contribution in [1.82, 2.24) is 14.5 Å². The summed E-state index contributed by atoms with van der Waals surface area (Å²) < 4.78 is 6.97. The number of aromatic nitrogens is 2. The third-order valence-electron chi connectivity index (χ3n) is 5.32. The molecule has 8 heteroatoms. The second-order valence-electron chi connectivity index (χ2n) is 7.65. The molecule has 1 saturated heterocycles. The van der Waals surface area contributed by atoms with E-state index in [4.69, 9.17) is 10.2 Å². The molecule has 2 N–H and O–H groups in total. The van der Waals surface area contributed by atoms with Crippen LogP contribution in [-0.2, 0) is 11.3 Å². The second kappa shape index (κ2) is 6.98. The molecule has 1 aliphatic rings. The van der Waals surface area contributed by atoms with Crippen LogP contribution >= 0.6 is 12.4 Å². The van der Waals surface area contributed by atoms with Gasteiger partial charge in [0, 0.05) is 24.5 Å². The van der Waals surface area contributed by atoms with E-state index in [1.165, 1.54) is 10.9 Å². The van der Waals surface area contributed by atoms with Gasteiger partial charge in [0.2, 0.25) is 11.5 Å². The van der Waals surface area contributed by atoms with Crippen LogP contribution in [0.3, 0.4) is 0 Å². The molecule has 27 heavy (non-hydrogen) atoms. The zero-order valence-corrected chi connectivity index (χ0v) is 16.2. The number of halogens is 1. The molecule has 3 heterocycles. The third-order valence-corrected chi connectivity index (χ3v) is 5.32. The topological polar surface area (TPSA) is 94.4 Å². The van der Waals surface area contributed by atoms with Crippen LogP contribution in [0, 0.1) is 5.41 Å². The van der Waals surface area contributed by atoms with E-state index in [1.54, 1.807) is 11.0 Å². The van der Waals surface area contributed by atoms with Gasteiger partial charge in [0.15, 0.2) is 0 Å². The van der Waals surface area contributed by atoms with Crippen molar-refractivity contribution >= 4 is 40.4 Å². The molecule has 0 bridgehead atoms. The predicted molar refractivity (Wildman–Crippen MR) is 106 cm³/mol. The number of carbonyl (C=O) groups excluding carboxylic acids is 1. The smallest absolute Gasteiger partial charge is 0.297 e. The Bertz CT molecular complexity index is 1060. The van der Waals surface area contributed by atoms with Gasteiger partial charge in [-0.3, -0.25) is 14.2 Å². The summed E-state index contributed by atoms with van der Waals surface area (Å²) in [6.07, 6.45) is 2.18. The molecule has 144 valence electrons. The molecule has 0 aliphatic carbocycles. The summed E-state index contributed by atoms with van der Waals surface area (Å²) >= 11 is 0. The molecule has 2 aromatic heterocycles. The van der Waals surface area contributed by atoms with Crippen LogP contribution in [0.1, 0.15) is 20.3 Å². The number of hydrogen-bond donors (Lipinski definition) is 1. The van der Waals surface area contributed by atoms with Crippen molar-refractivity contribution in [3.8, 4) is 0 Å². The molecule has 4 rings (SSSR count). The fraction of sp³-hybridized carbons (Fsp3) is 0.421. The summed E-state index contributed by atoms with van der Waals surface area (Å²) in [5.74, 6) is -0.107. The Kier molecular flexibility index (Phi) is 5.01. The lowest BCUT2D eigenvalue weighted by Gasteiger charge is -2.42. The number of likely N-dealkylation sites (tertiary alicyclic amines) is 1. The first-order valence-corrected chi connectivity index (χ1v) is 8.77. The average molecular weight is 391 g/mol. The Balaban J connectivity index is 0.00000210. The molecule has 1 amide bonds. The standard InChI is InChI=1S/C19H22N4O3.ClH/c1-19(2)10-22(8-7-14(19)20)15(24)9-23-11-21-16-12-5-3-4-6-13(12)26-17(16)18(23)25;/h3-6,11,14H,7-10,20H2,1-2H3;1H. The summed E-state index contributed by atoms with van der Waals surface area (Å²) in [5.41, 5.74) is 6.98. The van der Waals surface area contributed by atoms with Crippen LogP contribution in [-0.4, -0.2) is 39.5 Å². The van der Waals surface area contributed by atoms with E-state index in [9.17, 15) is 9.59 Å². The van der Waals surface area contributed by atoms with E-state index in [0.29, 0.717) is 24.2 Å². The SMILES string of the molecule is CC1(C)CN(C(=O)Cn2cnc3c(oc4ccccc43)c2=O)CCC1N.Cl. The largest absolute Gasteiger partial charge is 0.448 e. The van der Waals surface area contributed by atoms with E-state index < -0.39 is 0 Å². The van der Waals surface area contributed by atoms with E-state index in [0.717, 1.165) is 11.8 Å². The molecule has 0 spiro atoms. The lowest BCUT2D eigenvalue weighted by Crippen LogP contribution is -2.54. The number of fused-ring (bicyclic) bond motifs is 3. The normalized spacial score (nSPS) is 19.2. The molecular weight excluding hydrogens is 368 g/mol. The zero-order valence-electron chi connectivity index (χ0n) is 15.3. The minimum Gasteiger partial charge on any atom is -0.448 e. The van der Waals surface area contributed by atoms with Gasteiger partial charge >= 0.3 is 0 Å². The number of rotatable bonds is 2. The monoisotopic (exact) mass is 390 g/mol. The number of nitrogens with two attached hydrogens (primary N) is 1. The summed E-state index contributed by atoms with van der Waals surface area (Å²) in [7, 11) is 0. The number of para-hydroxylation sites is 1. The lowest BCUT2D eigenvalue weighted by molar-refractivity contribution is -0.135. The van der Waals surface area contributed by atoms with Gasteiger partial charge in [0.1, 0.15) is 17.6 Å². The molecule has 1 fully saturated rings. The van der Waals surface area contributed by atoms with Gasteiger partial charge < -0.3 is 15.1 Å². The Morgan fingerprint density at radius 2 is 2.11 bits per heavy atom. The lowest BCUT2D eigenvalue weighted by atomic mass is 9.79. The Labute approximate surface area is 162 Å². The Morgan fingerprint density at radius 1 is 1.37 bits per heavy atom. The highest BCUT2D eigenvalue weighted by molar-refractivity contribution is 6.01. The van der Waals surface area contributed by atoms with Gasteiger partial charge in [-0.15, -0.1) is 12.4 Å². The van der Waals surface area contributed by atoms with E-state index >= 15 is 0 Å². The van der Waals surface area contributed by atoms with Gasteiger partial charge in [0.25, 0.3) is 5.56 Å². The molecule has 7 nitrogen and oxygen atoms in total. The number of nitrogens with zero attached hydrogens (tertiary/aromatic N) is 3. The number of furan rings is 1. The molecule has 3 aromatic rings. The predicted octanol–water partition coefficient (Wildman–Crippen LogP) is 2.15. The van der Waals surface area contributed by atoms with Crippen molar-refractivity contribution in [2.75, 3.05) is 13.1 Å². The molecule has 1 aliphatic heterocycles. The van der Waals surface area contributed by atoms with Crippen LogP contribution in [0.15, 0.2) is 39.8 Å². The summed E-state index contributed by atoms with van der Waals surface area (Å²) in [4.78, 5) is 31.5. The van der Waals surface area contributed by atoms with Crippen molar-refractivity contribution in [2.45, 2.75) is 32.9 Å². The minimum atomic E-state index is -0.340. The highest BCUT2D eigenvalue weighted by Crippen LogP contribution is 2.28. The van der Waals surface area contributed by atoms with E-state index in [-0.39, 0.29) is 47.5 Å². The van der Waals surface area contributed by atoms with Gasteiger partial charge in [-0.1, -0.05) is 26.0 Å². The highest BCUT2D eigenvalue weighted by Gasteiger charge is 2.35. The molecule has 0 saturated carbocycles. The van der Waals surface area contributed by atoms with Gasteiger partial charge in [0.05, 0.1) is 6.33 Å². The minimum absolute atomic E-state index is 0. The third kappa shape index (κ3) is 3.33. The average Bonchev–Trinajstić information content (AvgIpc) is 2.99. The highest BCUT2D eigenvalue weighted by atomic mass is 35.5. The maximum atomic E-state index is 12.7. The van der Waals surface area contributed by atoms with Gasteiger partial charge in [-0.05, 0) is 24.0 Å². The van der Waals surface area contributed by atoms with Crippen LogP contribution in [0.4, 0.5) is 0 Å². The number of benzene rings is 1. The summed E-state index contributed by atoms with van der Waals surface area (Å²) in [5, 5.41) is 0.796. The molecule has 1 atom stereocenters.